The Balaban J connectivity index is 1.98. The van der Waals surface area contributed by atoms with E-state index in [9.17, 15) is 9.90 Å². The third kappa shape index (κ3) is 3.95. The molecule has 1 aromatic carbocycles. The molecular formula is C15H21ClN2O2. The molecule has 1 fully saturated rings. The van der Waals surface area contributed by atoms with Gasteiger partial charge in [-0.15, -0.1) is 0 Å². The van der Waals surface area contributed by atoms with Crippen LogP contribution in [0.5, 0.6) is 0 Å². The highest BCUT2D eigenvalue weighted by Gasteiger charge is 2.23. The summed E-state index contributed by atoms with van der Waals surface area (Å²) in [7, 11) is 0. The molecule has 0 spiro atoms. The summed E-state index contributed by atoms with van der Waals surface area (Å²) in [5.41, 5.74) is 0.908. The number of piperazine rings is 1. The quantitative estimate of drug-likeness (QED) is 0.864. The maximum Gasteiger partial charge on any atom is 0.150 e. The predicted octanol–water partition coefficient (Wildman–Crippen LogP) is 2.05. The lowest BCUT2D eigenvalue weighted by Gasteiger charge is -2.38. The minimum absolute atomic E-state index is 0.597. The summed E-state index contributed by atoms with van der Waals surface area (Å²) in [4.78, 5) is 15.2. The highest BCUT2D eigenvalue weighted by Crippen LogP contribution is 2.27. The molecule has 0 aliphatic carbocycles. The first-order valence-corrected chi connectivity index (χ1v) is 7.21. The summed E-state index contributed by atoms with van der Waals surface area (Å²) >= 11 is 6.23. The molecule has 5 heteroatoms. The smallest absolute Gasteiger partial charge is 0.150 e. The molecule has 4 nitrogen and oxygen atoms in total. The van der Waals surface area contributed by atoms with E-state index in [0.29, 0.717) is 17.1 Å². The van der Waals surface area contributed by atoms with Gasteiger partial charge in [-0.05, 0) is 32.0 Å². The summed E-state index contributed by atoms with van der Waals surface area (Å²) in [6.07, 6.45) is 0.803. The van der Waals surface area contributed by atoms with Crippen molar-refractivity contribution in [1.82, 2.24) is 4.90 Å². The molecule has 1 aromatic rings. The van der Waals surface area contributed by atoms with Gasteiger partial charge >= 0.3 is 0 Å². The van der Waals surface area contributed by atoms with Crippen LogP contribution in [0.2, 0.25) is 5.02 Å². The van der Waals surface area contributed by atoms with Crippen LogP contribution in [0.25, 0.3) is 0 Å². The van der Waals surface area contributed by atoms with Crippen molar-refractivity contribution in [2.24, 2.45) is 0 Å². The second kappa shape index (κ2) is 6.12. The van der Waals surface area contributed by atoms with E-state index in [1.54, 1.807) is 12.1 Å². The number of β-amino-alcohol motifs (C(OH)–C–C–N with tert-alkyl or cyclic N) is 1. The highest BCUT2D eigenvalue weighted by atomic mass is 35.5. The number of halogens is 1. The van der Waals surface area contributed by atoms with Crippen molar-refractivity contribution >= 4 is 23.6 Å². The van der Waals surface area contributed by atoms with Gasteiger partial charge in [0.25, 0.3) is 0 Å². The number of nitrogens with zero attached hydrogens (tertiary/aromatic N) is 2. The Morgan fingerprint density at radius 2 is 1.95 bits per heavy atom. The van der Waals surface area contributed by atoms with Crippen molar-refractivity contribution in [2.45, 2.75) is 19.4 Å². The zero-order chi connectivity index (χ0) is 14.8. The van der Waals surface area contributed by atoms with Crippen LogP contribution >= 0.6 is 11.6 Å². The monoisotopic (exact) mass is 296 g/mol. The summed E-state index contributed by atoms with van der Waals surface area (Å²) in [5.74, 6) is 0. The minimum atomic E-state index is -0.661. The van der Waals surface area contributed by atoms with E-state index in [2.05, 4.69) is 9.80 Å². The zero-order valence-electron chi connectivity index (χ0n) is 12.0. The third-order valence-electron chi connectivity index (χ3n) is 3.43. The standard InChI is InChI=1S/C15H21ClN2O2/c1-15(2,20)11-17-5-7-18(8-6-17)14-4-3-12(10-19)9-13(14)16/h3-4,9-10,20H,5-8,11H2,1-2H3. The molecule has 0 aromatic heterocycles. The van der Waals surface area contributed by atoms with Gasteiger partial charge in [0.1, 0.15) is 6.29 Å². The number of hydrogen-bond acceptors (Lipinski definition) is 4. The minimum Gasteiger partial charge on any atom is -0.389 e. The molecule has 0 bridgehead atoms. The second-order valence-electron chi connectivity index (χ2n) is 5.90. The molecule has 2 rings (SSSR count). The summed E-state index contributed by atoms with van der Waals surface area (Å²) in [6.45, 7) is 7.87. The van der Waals surface area contributed by atoms with Gasteiger partial charge in [-0.1, -0.05) is 11.6 Å². The molecule has 0 radical (unpaired) electrons. The van der Waals surface area contributed by atoms with Crippen LogP contribution in [-0.2, 0) is 0 Å². The highest BCUT2D eigenvalue weighted by molar-refractivity contribution is 6.33. The summed E-state index contributed by atoms with van der Waals surface area (Å²) in [5, 5.41) is 10.5. The van der Waals surface area contributed by atoms with Crippen molar-refractivity contribution in [2.75, 3.05) is 37.6 Å². The first-order valence-electron chi connectivity index (χ1n) is 6.83. The Morgan fingerprint density at radius 3 is 2.45 bits per heavy atom. The topological polar surface area (TPSA) is 43.8 Å². The fourth-order valence-corrected chi connectivity index (χ4v) is 2.86. The van der Waals surface area contributed by atoms with Crippen molar-refractivity contribution in [3.63, 3.8) is 0 Å². The van der Waals surface area contributed by atoms with Gasteiger partial charge in [0.15, 0.2) is 0 Å². The van der Waals surface area contributed by atoms with Crippen LogP contribution in [0.1, 0.15) is 24.2 Å². The Morgan fingerprint density at radius 1 is 1.30 bits per heavy atom. The predicted molar refractivity (Wildman–Crippen MR) is 81.8 cm³/mol. The number of carbonyl (C=O) groups is 1. The Bertz CT molecular complexity index is 477. The number of hydrogen-bond donors (Lipinski definition) is 1. The molecule has 0 atom stereocenters. The first kappa shape index (κ1) is 15.3. The van der Waals surface area contributed by atoms with Crippen LogP contribution in [-0.4, -0.2) is 54.6 Å². The maximum absolute atomic E-state index is 10.7. The van der Waals surface area contributed by atoms with Gasteiger partial charge in [0.05, 0.1) is 16.3 Å². The number of carbonyl (C=O) groups excluding carboxylic acids is 1. The van der Waals surface area contributed by atoms with E-state index >= 15 is 0 Å². The number of benzene rings is 1. The van der Waals surface area contributed by atoms with E-state index in [4.69, 9.17) is 11.6 Å². The van der Waals surface area contributed by atoms with E-state index in [0.717, 1.165) is 38.2 Å². The lowest BCUT2D eigenvalue weighted by Crippen LogP contribution is -2.50. The first-order chi connectivity index (χ1) is 9.39. The van der Waals surface area contributed by atoms with E-state index in [1.165, 1.54) is 0 Å². The molecule has 0 unspecified atom stereocenters. The van der Waals surface area contributed by atoms with Crippen LogP contribution in [0.3, 0.4) is 0 Å². The summed E-state index contributed by atoms with van der Waals surface area (Å²) < 4.78 is 0. The number of anilines is 1. The van der Waals surface area contributed by atoms with E-state index in [-0.39, 0.29) is 0 Å². The van der Waals surface area contributed by atoms with Crippen molar-refractivity contribution in [1.29, 1.82) is 0 Å². The van der Waals surface area contributed by atoms with E-state index < -0.39 is 5.60 Å². The normalized spacial score (nSPS) is 17.3. The van der Waals surface area contributed by atoms with Gasteiger partial charge in [-0.25, -0.2) is 0 Å². The van der Waals surface area contributed by atoms with Crippen molar-refractivity contribution in [3.8, 4) is 0 Å². The average molecular weight is 297 g/mol. The van der Waals surface area contributed by atoms with Gasteiger partial charge in [0, 0.05) is 38.3 Å². The molecule has 20 heavy (non-hydrogen) atoms. The fraction of sp³-hybridized carbons (Fsp3) is 0.533. The molecule has 0 saturated carbocycles. The molecule has 1 aliphatic rings. The number of rotatable bonds is 4. The van der Waals surface area contributed by atoms with Gasteiger partial charge in [-0.3, -0.25) is 9.69 Å². The van der Waals surface area contributed by atoms with Gasteiger partial charge in [-0.2, -0.15) is 0 Å². The molecule has 110 valence electrons. The van der Waals surface area contributed by atoms with Crippen molar-refractivity contribution in [3.05, 3.63) is 28.8 Å². The molecular weight excluding hydrogens is 276 g/mol. The summed E-state index contributed by atoms with van der Waals surface area (Å²) in [6, 6.07) is 5.39. The third-order valence-corrected chi connectivity index (χ3v) is 3.73. The second-order valence-corrected chi connectivity index (χ2v) is 6.31. The van der Waals surface area contributed by atoms with Gasteiger partial charge in [0.2, 0.25) is 0 Å². The lowest BCUT2D eigenvalue weighted by atomic mass is 10.1. The molecule has 1 N–H and O–H groups in total. The van der Waals surface area contributed by atoms with E-state index in [1.807, 2.05) is 19.9 Å². The molecule has 0 amide bonds. The van der Waals surface area contributed by atoms with Gasteiger partial charge < -0.3 is 10.0 Å². The van der Waals surface area contributed by atoms with Crippen molar-refractivity contribution < 1.29 is 9.90 Å². The SMILES string of the molecule is CC(C)(O)CN1CCN(c2ccc(C=O)cc2Cl)CC1. The average Bonchev–Trinajstić information content (AvgIpc) is 2.38. The van der Waals surface area contributed by atoms with Crippen LogP contribution < -0.4 is 4.90 Å². The molecule has 1 heterocycles. The van der Waals surface area contributed by atoms with Crippen LogP contribution in [0, 0.1) is 0 Å². The molecule has 1 aliphatic heterocycles. The largest absolute Gasteiger partial charge is 0.389 e. The Kier molecular flexibility index (Phi) is 4.68. The fourth-order valence-electron chi connectivity index (χ4n) is 2.55. The number of aldehydes is 1. The number of aliphatic hydroxyl groups is 1. The molecule has 1 saturated heterocycles. The Labute approximate surface area is 124 Å². The van der Waals surface area contributed by atoms with Crippen LogP contribution in [0.15, 0.2) is 18.2 Å². The Hall–Kier alpha value is -1.10. The lowest BCUT2D eigenvalue weighted by molar-refractivity contribution is 0.0345. The zero-order valence-corrected chi connectivity index (χ0v) is 12.7. The van der Waals surface area contributed by atoms with Crippen LogP contribution in [0.4, 0.5) is 5.69 Å². The maximum atomic E-state index is 10.7.